The van der Waals surface area contributed by atoms with E-state index in [0.717, 1.165) is 58.7 Å². The first-order chi connectivity index (χ1) is 18.8. The molecule has 1 saturated heterocycles. The number of benzene rings is 1. The molecule has 0 N–H and O–H groups in total. The average molecular weight is 546 g/mol. The largest absolute Gasteiger partial charge is 0.378 e. The Bertz CT molecular complexity index is 1410. The van der Waals surface area contributed by atoms with Gasteiger partial charge in [0.2, 0.25) is 0 Å². The molecule has 1 fully saturated rings. The van der Waals surface area contributed by atoms with Crippen molar-refractivity contribution in [1.82, 2.24) is 19.7 Å². The highest BCUT2D eigenvalue weighted by Crippen LogP contribution is 2.34. The summed E-state index contributed by atoms with van der Waals surface area (Å²) in [7, 11) is -1.18. The third-order valence-corrected chi connectivity index (χ3v) is 8.49. The topological polar surface area (TPSA) is 65.3 Å². The molecule has 5 rings (SSSR count). The van der Waals surface area contributed by atoms with Gasteiger partial charge in [0.25, 0.3) is 0 Å². The normalized spacial score (nSPS) is 14.1. The van der Waals surface area contributed by atoms with Gasteiger partial charge in [-0.2, -0.15) is 5.10 Å². The first-order valence-corrected chi connectivity index (χ1v) is 17.2. The number of hydrogen-bond acceptors (Lipinski definition) is 6. The molecule has 204 valence electrons. The maximum atomic E-state index is 15.1. The van der Waals surface area contributed by atoms with Gasteiger partial charge in [0, 0.05) is 62.5 Å². The van der Waals surface area contributed by atoms with Gasteiger partial charge in [0.15, 0.2) is 0 Å². The molecule has 1 aromatic carbocycles. The lowest BCUT2D eigenvalue weighted by Gasteiger charge is -2.27. The number of hydrogen-bond donors (Lipinski definition) is 0. The van der Waals surface area contributed by atoms with Crippen LogP contribution in [0.5, 0.6) is 0 Å². The van der Waals surface area contributed by atoms with E-state index in [0.29, 0.717) is 32.1 Å². The van der Waals surface area contributed by atoms with E-state index in [1.807, 2.05) is 49.5 Å². The van der Waals surface area contributed by atoms with Gasteiger partial charge in [-0.3, -0.25) is 4.98 Å². The molecular weight excluding hydrogens is 509 g/mol. The number of ether oxygens (including phenoxy) is 2. The first kappa shape index (κ1) is 27.2. The minimum atomic E-state index is -1.18. The summed E-state index contributed by atoms with van der Waals surface area (Å²) in [5.74, 6) is 0.582. The molecule has 9 heteroatoms. The number of aromatic nitrogens is 4. The standard InChI is InChI=1S/C30H36FN5O2Si/c1-22-6-5-7-28(33-22)30-26(20-36(34-30)21-38-16-17-39(2,3)4)23-8-10-27(31)25(18-23)24-9-11-29(32-19-24)35-12-14-37-15-13-35/h5-11,18-20H,12-17,21H2,1-4H3. The van der Waals surface area contributed by atoms with Crippen molar-refractivity contribution in [2.45, 2.75) is 39.3 Å². The minimum Gasteiger partial charge on any atom is -0.378 e. The van der Waals surface area contributed by atoms with Gasteiger partial charge in [-0.05, 0) is 54.9 Å². The molecule has 0 atom stereocenters. The van der Waals surface area contributed by atoms with E-state index in [1.165, 1.54) is 6.07 Å². The summed E-state index contributed by atoms with van der Waals surface area (Å²) in [6.07, 6.45) is 3.70. The molecule has 1 aliphatic rings. The van der Waals surface area contributed by atoms with Crippen molar-refractivity contribution in [3.05, 3.63) is 72.4 Å². The van der Waals surface area contributed by atoms with Crippen LogP contribution < -0.4 is 4.90 Å². The summed E-state index contributed by atoms with van der Waals surface area (Å²) in [6, 6.07) is 16.0. The van der Waals surface area contributed by atoms with Crippen LogP contribution in [0.15, 0.2) is 60.9 Å². The molecule has 3 aromatic heterocycles. The Morgan fingerprint density at radius 2 is 1.79 bits per heavy atom. The predicted octanol–water partition coefficient (Wildman–Crippen LogP) is 6.27. The quantitative estimate of drug-likeness (QED) is 0.182. The van der Waals surface area contributed by atoms with Crippen molar-refractivity contribution >= 4 is 13.9 Å². The molecule has 0 radical (unpaired) electrons. The second-order valence-electron chi connectivity index (χ2n) is 11.1. The monoisotopic (exact) mass is 545 g/mol. The molecule has 7 nitrogen and oxygen atoms in total. The van der Waals surface area contributed by atoms with Crippen LogP contribution in [-0.4, -0.2) is 60.7 Å². The highest BCUT2D eigenvalue weighted by atomic mass is 28.3. The average Bonchev–Trinajstić information content (AvgIpc) is 3.36. The molecule has 0 saturated carbocycles. The molecule has 39 heavy (non-hydrogen) atoms. The van der Waals surface area contributed by atoms with E-state index in [2.05, 4.69) is 29.5 Å². The van der Waals surface area contributed by atoms with Crippen molar-refractivity contribution in [3.8, 4) is 33.6 Å². The number of halogens is 1. The molecule has 0 aliphatic carbocycles. The zero-order valence-corrected chi connectivity index (χ0v) is 24.2. The van der Waals surface area contributed by atoms with E-state index >= 15 is 4.39 Å². The number of morpholine rings is 1. The third-order valence-electron chi connectivity index (χ3n) is 6.78. The Morgan fingerprint density at radius 1 is 1.00 bits per heavy atom. The van der Waals surface area contributed by atoms with Gasteiger partial charge in [0.05, 0.1) is 18.9 Å². The zero-order valence-electron chi connectivity index (χ0n) is 23.2. The number of pyridine rings is 2. The Kier molecular flexibility index (Phi) is 8.20. The van der Waals surface area contributed by atoms with Crippen LogP contribution in [0.3, 0.4) is 0 Å². The van der Waals surface area contributed by atoms with Crippen molar-refractivity contribution in [2.75, 3.05) is 37.8 Å². The second-order valence-corrected chi connectivity index (χ2v) is 16.8. The summed E-state index contributed by atoms with van der Waals surface area (Å²) in [5, 5.41) is 4.84. The fourth-order valence-corrected chi connectivity index (χ4v) is 5.29. The Labute approximate surface area is 230 Å². The van der Waals surface area contributed by atoms with Gasteiger partial charge >= 0.3 is 0 Å². The summed E-state index contributed by atoms with van der Waals surface area (Å²) in [4.78, 5) is 11.5. The van der Waals surface area contributed by atoms with Crippen molar-refractivity contribution < 1.29 is 13.9 Å². The zero-order chi connectivity index (χ0) is 27.4. The van der Waals surface area contributed by atoms with Crippen molar-refractivity contribution in [1.29, 1.82) is 0 Å². The van der Waals surface area contributed by atoms with E-state index in [9.17, 15) is 0 Å². The van der Waals surface area contributed by atoms with Crippen molar-refractivity contribution in [3.63, 3.8) is 0 Å². The molecule has 4 aromatic rings. The minimum absolute atomic E-state index is 0.294. The first-order valence-electron chi connectivity index (χ1n) is 13.5. The number of rotatable bonds is 9. The molecule has 0 unspecified atom stereocenters. The second kappa shape index (κ2) is 11.8. The van der Waals surface area contributed by atoms with Gasteiger partial charge in [0.1, 0.15) is 24.1 Å². The summed E-state index contributed by atoms with van der Waals surface area (Å²) >= 11 is 0. The highest BCUT2D eigenvalue weighted by Gasteiger charge is 2.18. The van der Waals surface area contributed by atoms with Gasteiger partial charge < -0.3 is 14.4 Å². The van der Waals surface area contributed by atoms with Crippen LogP contribution in [0.25, 0.3) is 33.6 Å². The fraction of sp³-hybridized carbons (Fsp3) is 0.367. The van der Waals surface area contributed by atoms with Crippen LogP contribution in [0.4, 0.5) is 10.2 Å². The van der Waals surface area contributed by atoms with Gasteiger partial charge in [-0.1, -0.05) is 31.8 Å². The molecule has 0 amide bonds. The summed E-state index contributed by atoms with van der Waals surface area (Å²) in [5.41, 5.74) is 5.38. The maximum absolute atomic E-state index is 15.1. The van der Waals surface area contributed by atoms with Crippen LogP contribution in [0.1, 0.15) is 5.69 Å². The molecule has 4 heterocycles. The lowest BCUT2D eigenvalue weighted by atomic mass is 9.98. The molecule has 1 aliphatic heterocycles. The molecular formula is C30H36FN5O2Si. The number of anilines is 1. The van der Waals surface area contributed by atoms with Crippen molar-refractivity contribution in [2.24, 2.45) is 0 Å². The van der Waals surface area contributed by atoms with E-state index < -0.39 is 8.07 Å². The summed E-state index contributed by atoms with van der Waals surface area (Å²) < 4.78 is 28.3. The Hall–Kier alpha value is -3.40. The number of aryl methyl sites for hydroxylation is 1. The van der Waals surface area contributed by atoms with E-state index in [4.69, 9.17) is 19.6 Å². The highest BCUT2D eigenvalue weighted by molar-refractivity contribution is 6.76. The number of nitrogens with zero attached hydrogens (tertiary/aromatic N) is 5. The molecule has 0 bridgehead atoms. The smallest absolute Gasteiger partial charge is 0.139 e. The summed E-state index contributed by atoms with van der Waals surface area (Å²) in [6.45, 7) is 13.0. The SMILES string of the molecule is Cc1cccc(-c2nn(COCC[Si](C)(C)C)cc2-c2ccc(F)c(-c3ccc(N4CCOCC4)nc3)c2)n1. The lowest BCUT2D eigenvalue weighted by Crippen LogP contribution is -2.36. The Balaban J connectivity index is 1.46. The third kappa shape index (κ3) is 6.79. The fourth-order valence-electron chi connectivity index (χ4n) is 4.54. The predicted molar refractivity (Wildman–Crippen MR) is 156 cm³/mol. The van der Waals surface area contributed by atoms with Crippen LogP contribution in [0.2, 0.25) is 25.7 Å². The van der Waals surface area contributed by atoms with E-state index in [1.54, 1.807) is 16.9 Å². The lowest BCUT2D eigenvalue weighted by molar-refractivity contribution is 0.0787. The van der Waals surface area contributed by atoms with Gasteiger partial charge in [-0.15, -0.1) is 0 Å². The van der Waals surface area contributed by atoms with Crippen LogP contribution >= 0.6 is 0 Å². The van der Waals surface area contributed by atoms with E-state index in [-0.39, 0.29) is 5.82 Å². The Morgan fingerprint density at radius 3 is 2.51 bits per heavy atom. The van der Waals surface area contributed by atoms with Crippen LogP contribution in [0, 0.1) is 12.7 Å². The maximum Gasteiger partial charge on any atom is 0.139 e. The van der Waals surface area contributed by atoms with Crippen LogP contribution in [-0.2, 0) is 16.2 Å². The molecule has 0 spiro atoms. The van der Waals surface area contributed by atoms with Gasteiger partial charge in [-0.25, -0.2) is 14.1 Å².